The Morgan fingerprint density at radius 1 is 1.35 bits per heavy atom. The normalized spacial score (nSPS) is 17.8. The fraction of sp³-hybridized carbons (Fsp3) is 0.462. The summed E-state index contributed by atoms with van der Waals surface area (Å²) in [5.41, 5.74) is 2.40. The molecule has 2 aromatic rings. The molecule has 1 aliphatic carbocycles. The van der Waals surface area contributed by atoms with Gasteiger partial charge >= 0.3 is 0 Å². The SMILES string of the molecule is OCCn1ncc2c1CCC[C@H]2Nc1ncc(Br)cn1. The number of hydrogen-bond donors (Lipinski definition) is 2. The van der Waals surface area contributed by atoms with Crippen LogP contribution >= 0.6 is 15.9 Å². The Kier molecular flexibility index (Phi) is 3.98. The predicted molar refractivity (Wildman–Crippen MR) is 78.3 cm³/mol. The van der Waals surface area contributed by atoms with Crippen LogP contribution < -0.4 is 5.32 Å². The Labute approximate surface area is 125 Å². The molecule has 0 amide bonds. The first-order chi connectivity index (χ1) is 9.78. The number of halogens is 1. The molecule has 0 bridgehead atoms. The van der Waals surface area contributed by atoms with Crippen molar-refractivity contribution in [2.75, 3.05) is 11.9 Å². The molecule has 106 valence electrons. The zero-order valence-corrected chi connectivity index (χ0v) is 12.5. The van der Waals surface area contributed by atoms with Gasteiger partial charge in [-0.3, -0.25) is 4.68 Å². The van der Waals surface area contributed by atoms with Crippen LogP contribution in [0.5, 0.6) is 0 Å². The molecule has 0 unspecified atom stereocenters. The lowest BCUT2D eigenvalue weighted by Gasteiger charge is -2.24. The van der Waals surface area contributed by atoms with Crippen LogP contribution in [0, 0.1) is 0 Å². The van der Waals surface area contributed by atoms with Gasteiger partial charge in [0.15, 0.2) is 0 Å². The van der Waals surface area contributed by atoms with Crippen LogP contribution in [-0.2, 0) is 13.0 Å². The van der Waals surface area contributed by atoms with E-state index in [1.807, 2.05) is 10.9 Å². The molecule has 2 heterocycles. The highest BCUT2D eigenvalue weighted by Crippen LogP contribution is 2.31. The first-order valence-electron chi connectivity index (χ1n) is 6.67. The van der Waals surface area contributed by atoms with Crippen LogP contribution in [0.25, 0.3) is 0 Å². The molecule has 3 rings (SSSR count). The average Bonchev–Trinajstić information content (AvgIpc) is 2.86. The smallest absolute Gasteiger partial charge is 0.223 e. The lowest BCUT2D eigenvalue weighted by atomic mass is 9.93. The van der Waals surface area contributed by atoms with Gasteiger partial charge in [-0.05, 0) is 35.2 Å². The quantitative estimate of drug-likeness (QED) is 0.891. The summed E-state index contributed by atoms with van der Waals surface area (Å²) in [6, 6.07) is 0.187. The summed E-state index contributed by atoms with van der Waals surface area (Å²) >= 11 is 3.33. The molecule has 0 aromatic carbocycles. The van der Waals surface area contributed by atoms with Crippen LogP contribution in [0.15, 0.2) is 23.1 Å². The van der Waals surface area contributed by atoms with E-state index in [1.165, 1.54) is 11.3 Å². The van der Waals surface area contributed by atoms with E-state index in [-0.39, 0.29) is 12.6 Å². The van der Waals surface area contributed by atoms with E-state index < -0.39 is 0 Å². The number of hydrogen-bond acceptors (Lipinski definition) is 5. The minimum Gasteiger partial charge on any atom is -0.394 e. The predicted octanol–water partition coefficient (Wildman–Crippen LogP) is 1.92. The number of aliphatic hydroxyl groups excluding tert-OH is 1. The van der Waals surface area contributed by atoms with Gasteiger partial charge < -0.3 is 10.4 Å². The van der Waals surface area contributed by atoms with E-state index in [0.717, 1.165) is 23.7 Å². The van der Waals surface area contributed by atoms with Crippen LogP contribution in [-0.4, -0.2) is 31.5 Å². The van der Waals surface area contributed by atoms with Gasteiger partial charge in [-0.25, -0.2) is 9.97 Å². The van der Waals surface area contributed by atoms with Crippen molar-refractivity contribution >= 4 is 21.9 Å². The Balaban J connectivity index is 1.81. The van der Waals surface area contributed by atoms with E-state index >= 15 is 0 Å². The number of rotatable bonds is 4. The number of fused-ring (bicyclic) bond motifs is 1. The first-order valence-corrected chi connectivity index (χ1v) is 7.47. The van der Waals surface area contributed by atoms with Crippen molar-refractivity contribution in [2.24, 2.45) is 0 Å². The van der Waals surface area contributed by atoms with E-state index in [1.54, 1.807) is 12.4 Å². The highest BCUT2D eigenvalue weighted by molar-refractivity contribution is 9.10. The zero-order valence-electron chi connectivity index (χ0n) is 11.0. The largest absolute Gasteiger partial charge is 0.394 e. The highest BCUT2D eigenvalue weighted by Gasteiger charge is 2.24. The molecule has 1 aliphatic rings. The topological polar surface area (TPSA) is 75.9 Å². The van der Waals surface area contributed by atoms with Crippen molar-refractivity contribution in [1.82, 2.24) is 19.7 Å². The van der Waals surface area contributed by atoms with Gasteiger partial charge in [0.05, 0.1) is 29.9 Å². The monoisotopic (exact) mass is 337 g/mol. The lowest BCUT2D eigenvalue weighted by Crippen LogP contribution is -2.20. The van der Waals surface area contributed by atoms with Crippen molar-refractivity contribution in [3.63, 3.8) is 0 Å². The van der Waals surface area contributed by atoms with Crippen molar-refractivity contribution in [1.29, 1.82) is 0 Å². The average molecular weight is 338 g/mol. The molecule has 2 N–H and O–H groups in total. The van der Waals surface area contributed by atoms with Crippen LogP contribution in [0.2, 0.25) is 0 Å². The molecule has 0 fully saturated rings. The van der Waals surface area contributed by atoms with Crippen molar-refractivity contribution < 1.29 is 5.11 Å². The second kappa shape index (κ2) is 5.88. The van der Waals surface area contributed by atoms with Gasteiger partial charge in [0.1, 0.15) is 0 Å². The maximum absolute atomic E-state index is 9.07. The molecule has 2 aromatic heterocycles. The number of nitrogens with zero attached hydrogens (tertiary/aromatic N) is 4. The maximum Gasteiger partial charge on any atom is 0.223 e. The molecule has 0 radical (unpaired) electrons. The first kappa shape index (κ1) is 13.5. The van der Waals surface area contributed by atoms with Crippen LogP contribution in [0.3, 0.4) is 0 Å². The second-order valence-electron chi connectivity index (χ2n) is 4.81. The summed E-state index contributed by atoms with van der Waals surface area (Å²) < 4.78 is 2.76. The molecular formula is C13H16BrN5O. The molecule has 0 saturated heterocycles. The summed E-state index contributed by atoms with van der Waals surface area (Å²) in [4.78, 5) is 8.50. The molecule has 20 heavy (non-hydrogen) atoms. The van der Waals surface area contributed by atoms with E-state index in [4.69, 9.17) is 5.11 Å². The number of nitrogens with one attached hydrogen (secondary N) is 1. The summed E-state index contributed by atoms with van der Waals surface area (Å²) in [5, 5.41) is 16.8. The third-order valence-corrected chi connectivity index (χ3v) is 3.91. The summed E-state index contributed by atoms with van der Waals surface area (Å²) in [5.74, 6) is 0.626. The molecule has 7 heteroatoms. The molecule has 0 aliphatic heterocycles. The summed E-state index contributed by atoms with van der Waals surface area (Å²) in [6.07, 6.45) is 8.49. The minimum absolute atomic E-state index is 0.113. The van der Waals surface area contributed by atoms with Gasteiger partial charge in [-0.2, -0.15) is 5.10 Å². The third-order valence-electron chi connectivity index (χ3n) is 3.50. The Hall–Kier alpha value is -1.47. The van der Waals surface area contributed by atoms with Crippen molar-refractivity contribution in [3.8, 4) is 0 Å². The van der Waals surface area contributed by atoms with Gasteiger partial charge in [0.2, 0.25) is 5.95 Å². The van der Waals surface area contributed by atoms with Gasteiger partial charge in [0.25, 0.3) is 0 Å². The van der Waals surface area contributed by atoms with E-state index in [0.29, 0.717) is 12.5 Å². The highest BCUT2D eigenvalue weighted by atomic mass is 79.9. The van der Waals surface area contributed by atoms with Crippen LogP contribution in [0.4, 0.5) is 5.95 Å². The van der Waals surface area contributed by atoms with Gasteiger partial charge in [-0.15, -0.1) is 0 Å². The number of aliphatic hydroxyl groups is 1. The molecule has 0 saturated carbocycles. The standard InChI is InChI=1S/C13H16BrN5O/c14-9-6-15-13(16-7-9)18-11-2-1-3-12-10(11)8-17-19(12)4-5-20/h6-8,11,20H,1-5H2,(H,15,16,18)/t11-/m1/s1. The van der Waals surface area contributed by atoms with Crippen molar-refractivity contribution in [3.05, 3.63) is 34.3 Å². The van der Waals surface area contributed by atoms with Gasteiger partial charge in [-0.1, -0.05) is 0 Å². The number of anilines is 1. The zero-order chi connectivity index (χ0) is 13.9. The van der Waals surface area contributed by atoms with Gasteiger partial charge in [0, 0.05) is 23.7 Å². The molecule has 1 atom stereocenters. The third kappa shape index (κ3) is 2.69. The molecule has 0 spiro atoms. The lowest BCUT2D eigenvalue weighted by molar-refractivity contribution is 0.266. The summed E-state index contributed by atoms with van der Waals surface area (Å²) in [7, 11) is 0. The second-order valence-corrected chi connectivity index (χ2v) is 5.72. The Bertz CT molecular complexity index is 583. The van der Waals surface area contributed by atoms with E-state index in [2.05, 4.69) is 36.3 Å². The maximum atomic E-state index is 9.07. The molecular weight excluding hydrogens is 322 g/mol. The minimum atomic E-state index is 0.113. The fourth-order valence-electron chi connectivity index (χ4n) is 2.60. The Morgan fingerprint density at radius 3 is 2.90 bits per heavy atom. The van der Waals surface area contributed by atoms with Crippen LogP contribution in [0.1, 0.15) is 30.1 Å². The number of aromatic nitrogens is 4. The van der Waals surface area contributed by atoms with Crippen molar-refractivity contribution in [2.45, 2.75) is 31.8 Å². The molecule has 6 nitrogen and oxygen atoms in total. The van der Waals surface area contributed by atoms with E-state index in [9.17, 15) is 0 Å². The fourth-order valence-corrected chi connectivity index (χ4v) is 2.80. The summed E-state index contributed by atoms with van der Waals surface area (Å²) in [6.45, 7) is 0.666. The Morgan fingerprint density at radius 2 is 2.15 bits per heavy atom.